The number of hydrogen-bond donors (Lipinski definition) is 0. The normalized spacial score (nSPS) is 10.1. The summed E-state index contributed by atoms with van der Waals surface area (Å²) in [5.74, 6) is 0.961. The Morgan fingerprint density at radius 3 is 2.25 bits per heavy atom. The van der Waals surface area contributed by atoms with Crippen LogP contribution in [0.4, 0.5) is 0 Å². The Bertz CT molecular complexity index is 443. The minimum atomic E-state index is 0.545. The van der Waals surface area contributed by atoms with Crippen LogP contribution in [-0.4, -0.2) is 33.4 Å². The standard InChI is InChI=1S/C13H12OSe2/c1-14-11-6-5-9-13(10-11)16-15-12-7-3-2-4-8-12/h2-10H,1H3. The molecule has 0 fully saturated rings. The van der Waals surface area contributed by atoms with Gasteiger partial charge in [-0.3, -0.25) is 0 Å². The Labute approximate surface area is 107 Å². The Kier molecular flexibility index (Phi) is 4.50. The molecule has 0 radical (unpaired) electrons. The SMILES string of the molecule is COc1cccc([Se][Se]c2ccccc2)c1. The van der Waals surface area contributed by atoms with Crippen LogP contribution in [-0.2, 0) is 0 Å². The van der Waals surface area contributed by atoms with E-state index in [4.69, 9.17) is 4.74 Å². The first-order valence-electron chi connectivity index (χ1n) is 4.92. The average Bonchev–Trinajstić information content (AvgIpc) is 2.38. The van der Waals surface area contributed by atoms with Gasteiger partial charge in [-0.2, -0.15) is 0 Å². The van der Waals surface area contributed by atoms with Crippen molar-refractivity contribution >= 4 is 35.2 Å². The van der Waals surface area contributed by atoms with Crippen molar-refractivity contribution in [1.29, 1.82) is 0 Å². The monoisotopic (exact) mass is 344 g/mol. The second-order valence-electron chi connectivity index (χ2n) is 3.16. The van der Waals surface area contributed by atoms with E-state index >= 15 is 0 Å². The molecule has 16 heavy (non-hydrogen) atoms. The van der Waals surface area contributed by atoms with Crippen LogP contribution >= 0.6 is 0 Å². The summed E-state index contributed by atoms with van der Waals surface area (Å²) in [4.78, 5) is 0. The quantitative estimate of drug-likeness (QED) is 0.753. The van der Waals surface area contributed by atoms with E-state index in [0.717, 1.165) is 5.75 Å². The van der Waals surface area contributed by atoms with Gasteiger partial charge < -0.3 is 0 Å². The summed E-state index contributed by atoms with van der Waals surface area (Å²) >= 11 is 1.11. The van der Waals surface area contributed by atoms with Gasteiger partial charge in [-0.15, -0.1) is 0 Å². The van der Waals surface area contributed by atoms with Crippen LogP contribution in [0.25, 0.3) is 0 Å². The summed E-state index contributed by atoms with van der Waals surface area (Å²) in [6, 6.07) is 19.1. The molecule has 0 aliphatic carbocycles. The van der Waals surface area contributed by atoms with Gasteiger partial charge in [0.25, 0.3) is 0 Å². The van der Waals surface area contributed by atoms with E-state index in [9.17, 15) is 0 Å². The number of rotatable bonds is 4. The zero-order chi connectivity index (χ0) is 11.2. The molecule has 0 aromatic heterocycles. The van der Waals surface area contributed by atoms with Gasteiger partial charge in [0.2, 0.25) is 0 Å². The molecule has 1 nitrogen and oxygen atoms in total. The third kappa shape index (κ3) is 3.40. The Hall–Kier alpha value is -0.721. The Morgan fingerprint density at radius 1 is 0.812 bits per heavy atom. The van der Waals surface area contributed by atoms with Crippen LogP contribution in [0.5, 0.6) is 5.75 Å². The molecule has 0 spiro atoms. The molecule has 0 heterocycles. The molecule has 0 unspecified atom stereocenters. The van der Waals surface area contributed by atoms with Gasteiger partial charge in [-0.25, -0.2) is 0 Å². The first kappa shape index (κ1) is 11.8. The fourth-order valence-electron chi connectivity index (χ4n) is 1.23. The van der Waals surface area contributed by atoms with Crippen molar-refractivity contribution in [2.75, 3.05) is 7.11 Å². The van der Waals surface area contributed by atoms with E-state index in [1.165, 1.54) is 8.92 Å². The number of ether oxygens (including phenoxy) is 1. The maximum absolute atomic E-state index is 5.22. The zero-order valence-electron chi connectivity index (χ0n) is 8.92. The number of hydrogen-bond acceptors (Lipinski definition) is 1. The third-order valence-corrected chi connectivity index (χ3v) is 9.21. The van der Waals surface area contributed by atoms with E-state index in [2.05, 4.69) is 48.5 Å². The van der Waals surface area contributed by atoms with Gasteiger partial charge in [0.1, 0.15) is 0 Å². The van der Waals surface area contributed by atoms with E-state index in [1.807, 2.05) is 6.07 Å². The third-order valence-electron chi connectivity index (χ3n) is 2.02. The van der Waals surface area contributed by atoms with Crippen molar-refractivity contribution in [3.8, 4) is 5.75 Å². The number of benzene rings is 2. The van der Waals surface area contributed by atoms with Crippen LogP contribution in [0.15, 0.2) is 54.6 Å². The topological polar surface area (TPSA) is 9.23 Å². The summed E-state index contributed by atoms with van der Waals surface area (Å²) in [6.45, 7) is 0. The first-order chi connectivity index (χ1) is 7.88. The van der Waals surface area contributed by atoms with Gasteiger partial charge >= 0.3 is 107 Å². The van der Waals surface area contributed by atoms with Crippen molar-refractivity contribution in [3.05, 3.63) is 54.6 Å². The molecule has 82 valence electrons. The molecule has 0 atom stereocenters. The van der Waals surface area contributed by atoms with E-state index in [-0.39, 0.29) is 0 Å². The second-order valence-corrected chi connectivity index (χ2v) is 9.47. The molecule has 3 heteroatoms. The van der Waals surface area contributed by atoms with Crippen LogP contribution in [0.2, 0.25) is 0 Å². The molecule has 2 aromatic rings. The summed E-state index contributed by atoms with van der Waals surface area (Å²) in [7, 11) is 1.72. The molecule has 2 rings (SSSR count). The van der Waals surface area contributed by atoms with E-state index < -0.39 is 0 Å². The molecule has 0 saturated carbocycles. The number of methoxy groups -OCH3 is 1. The fourth-order valence-corrected chi connectivity index (χ4v) is 7.26. The second kappa shape index (κ2) is 6.12. The maximum atomic E-state index is 5.22. The van der Waals surface area contributed by atoms with Crippen molar-refractivity contribution in [2.24, 2.45) is 0 Å². The van der Waals surface area contributed by atoms with Crippen LogP contribution in [0.1, 0.15) is 0 Å². The molecule has 0 amide bonds. The molecular formula is C13H12OSe2. The first-order valence-corrected chi connectivity index (χ1v) is 11.0. The predicted octanol–water partition coefficient (Wildman–Crippen LogP) is 0.969. The van der Waals surface area contributed by atoms with Gasteiger partial charge in [0.15, 0.2) is 0 Å². The van der Waals surface area contributed by atoms with Crippen molar-refractivity contribution < 1.29 is 4.74 Å². The fraction of sp³-hybridized carbons (Fsp3) is 0.0769. The summed E-state index contributed by atoms with van der Waals surface area (Å²) in [6.07, 6.45) is 0. The van der Waals surface area contributed by atoms with Gasteiger partial charge in [-0.1, -0.05) is 0 Å². The Balaban J connectivity index is 1.99. The van der Waals surface area contributed by atoms with Crippen LogP contribution < -0.4 is 13.7 Å². The molecule has 0 aliphatic rings. The predicted molar refractivity (Wildman–Crippen MR) is 70.2 cm³/mol. The zero-order valence-corrected chi connectivity index (χ0v) is 12.3. The molecule has 0 N–H and O–H groups in total. The van der Waals surface area contributed by atoms with Crippen LogP contribution in [0.3, 0.4) is 0 Å². The van der Waals surface area contributed by atoms with Crippen molar-refractivity contribution in [1.82, 2.24) is 0 Å². The van der Waals surface area contributed by atoms with E-state index in [1.54, 1.807) is 7.11 Å². The van der Waals surface area contributed by atoms with Gasteiger partial charge in [0, 0.05) is 0 Å². The molecule has 0 saturated heterocycles. The van der Waals surface area contributed by atoms with Crippen molar-refractivity contribution in [2.45, 2.75) is 0 Å². The molecule has 0 bridgehead atoms. The molecule has 2 aromatic carbocycles. The van der Waals surface area contributed by atoms with Crippen LogP contribution in [0, 0.1) is 0 Å². The van der Waals surface area contributed by atoms with Crippen molar-refractivity contribution in [3.63, 3.8) is 0 Å². The Morgan fingerprint density at radius 2 is 1.50 bits per heavy atom. The average molecular weight is 342 g/mol. The summed E-state index contributed by atoms with van der Waals surface area (Å²) in [5.41, 5.74) is 0. The molecular weight excluding hydrogens is 330 g/mol. The summed E-state index contributed by atoms with van der Waals surface area (Å²) < 4.78 is 8.11. The van der Waals surface area contributed by atoms with E-state index in [0.29, 0.717) is 26.3 Å². The van der Waals surface area contributed by atoms with Gasteiger partial charge in [0.05, 0.1) is 0 Å². The molecule has 0 aliphatic heterocycles. The summed E-state index contributed by atoms with van der Waals surface area (Å²) in [5, 5.41) is 0. The minimum absolute atomic E-state index is 0.545. The van der Waals surface area contributed by atoms with Gasteiger partial charge in [-0.05, 0) is 0 Å².